The molecule has 1 atom stereocenters. The molecule has 1 aliphatic heterocycles. The molecule has 1 fully saturated rings. The third-order valence-corrected chi connectivity index (χ3v) is 3.47. The molecule has 1 unspecified atom stereocenters. The highest BCUT2D eigenvalue weighted by Crippen LogP contribution is 2.20. The van der Waals surface area contributed by atoms with Gasteiger partial charge in [-0.05, 0) is 25.8 Å². The highest BCUT2D eigenvalue weighted by molar-refractivity contribution is 5.93. The molecule has 0 aliphatic carbocycles. The van der Waals surface area contributed by atoms with E-state index in [0.717, 1.165) is 31.4 Å². The number of aryl methyl sites for hydroxylation is 1. The first-order valence-electron chi connectivity index (χ1n) is 6.29. The van der Waals surface area contributed by atoms with Crippen molar-refractivity contribution in [1.82, 2.24) is 4.90 Å². The van der Waals surface area contributed by atoms with E-state index in [4.69, 9.17) is 10.2 Å². The molecule has 2 N–H and O–H groups in total. The van der Waals surface area contributed by atoms with Crippen LogP contribution in [0, 0.1) is 6.92 Å². The van der Waals surface area contributed by atoms with Crippen molar-refractivity contribution in [3.63, 3.8) is 0 Å². The van der Waals surface area contributed by atoms with Gasteiger partial charge in [0.05, 0.1) is 6.26 Å². The summed E-state index contributed by atoms with van der Waals surface area (Å²) >= 11 is 0. The van der Waals surface area contributed by atoms with Crippen molar-refractivity contribution in [3.8, 4) is 0 Å². The molecule has 1 saturated heterocycles. The van der Waals surface area contributed by atoms with Crippen LogP contribution in [0.2, 0.25) is 0 Å². The molecule has 1 aromatic heterocycles. The molecule has 0 spiro atoms. The van der Waals surface area contributed by atoms with E-state index in [2.05, 4.69) is 0 Å². The van der Waals surface area contributed by atoms with E-state index in [1.165, 1.54) is 6.42 Å². The molecule has 0 aromatic carbocycles. The van der Waals surface area contributed by atoms with E-state index in [1.54, 1.807) is 6.26 Å². The summed E-state index contributed by atoms with van der Waals surface area (Å²) in [5.74, 6) is 0.454. The molecule has 17 heavy (non-hydrogen) atoms. The number of rotatable bonds is 2. The minimum Gasteiger partial charge on any atom is -0.459 e. The van der Waals surface area contributed by atoms with E-state index < -0.39 is 0 Å². The monoisotopic (exact) mass is 236 g/mol. The molecular weight excluding hydrogens is 216 g/mol. The molecule has 0 radical (unpaired) electrons. The Kier molecular flexibility index (Phi) is 3.84. The summed E-state index contributed by atoms with van der Waals surface area (Å²) in [6.45, 7) is 3.22. The molecule has 4 heteroatoms. The summed E-state index contributed by atoms with van der Waals surface area (Å²) in [6.07, 6.45) is 5.96. The SMILES string of the molecule is Cc1ccoc1C(=O)N1CCCCCC1CN. The normalized spacial score (nSPS) is 21.3. The number of hydrogen-bond donors (Lipinski definition) is 1. The van der Waals surface area contributed by atoms with Crippen LogP contribution in [-0.2, 0) is 0 Å². The highest BCUT2D eigenvalue weighted by atomic mass is 16.3. The summed E-state index contributed by atoms with van der Waals surface area (Å²) in [5, 5.41) is 0. The van der Waals surface area contributed by atoms with Crippen molar-refractivity contribution in [2.75, 3.05) is 13.1 Å². The third-order valence-electron chi connectivity index (χ3n) is 3.47. The lowest BCUT2D eigenvalue weighted by Gasteiger charge is -2.28. The fourth-order valence-electron chi connectivity index (χ4n) is 2.41. The number of likely N-dealkylation sites (tertiary alicyclic amines) is 1. The molecule has 2 heterocycles. The zero-order valence-corrected chi connectivity index (χ0v) is 10.3. The Balaban J connectivity index is 2.18. The number of carbonyl (C=O) groups is 1. The lowest BCUT2D eigenvalue weighted by atomic mass is 10.1. The second-order valence-electron chi connectivity index (χ2n) is 4.67. The van der Waals surface area contributed by atoms with E-state index in [-0.39, 0.29) is 11.9 Å². The second-order valence-corrected chi connectivity index (χ2v) is 4.67. The van der Waals surface area contributed by atoms with E-state index >= 15 is 0 Å². The van der Waals surface area contributed by atoms with Crippen molar-refractivity contribution >= 4 is 5.91 Å². The van der Waals surface area contributed by atoms with E-state index in [9.17, 15) is 4.79 Å². The first-order valence-corrected chi connectivity index (χ1v) is 6.29. The summed E-state index contributed by atoms with van der Waals surface area (Å²) in [6, 6.07) is 1.98. The highest BCUT2D eigenvalue weighted by Gasteiger charge is 2.27. The van der Waals surface area contributed by atoms with Crippen molar-refractivity contribution < 1.29 is 9.21 Å². The number of nitrogens with zero attached hydrogens (tertiary/aromatic N) is 1. The van der Waals surface area contributed by atoms with Gasteiger partial charge in [-0.3, -0.25) is 4.79 Å². The average Bonchev–Trinajstić information content (AvgIpc) is 2.64. The first kappa shape index (κ1) is 12.2. The van der Waals surface area contributed by atoms with Crippen LogP contribution >= 0.6 is 0 Å². The molecular formula is C13H20N2O2. The Morgan fingerprint density at radius 1 is 1.53 bits per heavy atom. The second kappa shape index (κ2) is 5.36. The number of furan rings is 1. The fourth-order valence-corrected chi connectivity index (χ4v) is 2.41. The van der Waals surface area contributed by atoms with Gasteiger partial charge in [0, 0.05) is 24.7 Å². The number of nitrogens with two attached hydrogens (primary N) is 1. The molecule has 2 rings (SSSR count). The van der Waals surface area contributed by atoms with Gasteiger partial charge in [-0.2, -0.15) is 0 Å². The predicted octanol–water partition coefficient (Wildman–Crippen LogP) is 1.93. The molecule has 1 amide bonds. The topological polar surface area (TPSA) is 59.5 Å². The first-order chi connectivity index (χ1) is 8.24. The maximum absolute atomic E-state index is 12.4. The standard InChI is InChI=1S/C13H20N2O2/c1-10-6-8-17-12(10)13(16)15-7-4-2-3-5-11(15)9-14/h6,8,11H,2-5,7,9,14H2,1H3. The number of hydrogen-bond acceptors (Lipinski definition) is 3. The molecule has 1 aliphatic rings. The van der Waals surface area contributed by atoms with Gasteiger partial charge < -0.3 is 15.1 Å². The van der Waals surface area contributed by atoms with E-state index in [0.29, 0.717) is 12.3 Å². The maximum atomic E-state index is 12.4. The van der Waals surface area contributed by atoms with Crippen LogP contribution in [0.25, 0.3) is 0 Å². The van der Waals surface area contributed by atoms with Gasteiger partial charge >= 0.3 is 0 Å². The van der Waals surface area contributed by atoms with Gasteiger partial charge in [-0.1, -0.05) is 12.8 Å². The van der Waals surface area contributed by atoms with Crippen molar-refractivity contribution in [1.29, 1.82) is 0 Å². The van der Waals surface area contributed by atoms with Gasteiger partial charge in [-0.15, -0.1) is 0 Å². The van der Waals surface area contributed by atoms with Crippen LogP contribution in [0.15, 0.2) is 16.7 Å². The van der Waals surface area contributed by atoms with Crippen LogP contribution in [-0.4, -0.2) is 29.9 Å². The van der Waals surface area contributed by atoms with Crippen molar-refractivity contribution in [2.24, 2.45) is 5.73 Å². The van der Waals surface area contributed by atoms with Gasteiger partial charge in [-0.25, -0.2) is 0 Å². The maximum Gasteiger partial charge on any atom is 0.290 e. The molecule has 94 valence electrons. The van der Waals surface area contributed by atoms with Crippen molar-refractivity contribution in [2.45, 2.75) is 38.6 Å². The van der Waals surface area contributed by atoms with Gasteiger partial charge in [0.15, 0.2) is 5.76 Å². The average molecular weight is 236 g/mol. The Morgan fingerprint density at radius 2 is 2.35 bits per heavy atom. The van der Waals surface area contributed by atoms with Crippen LogP contribution < -0.4 is 5.73 Å². The van der Waals surface area contributed by atoms with Crippen molar-refractivity contribution in [3.05, 3.63) is 23.7 Å². The Morgan fingerprint density at radius 3 is 3.00 bits per heavy atom. The summed E-state index contributed by atoms with van der Waals surface area (Å²) in [5.41, 5.74) is 6.67. The molecule has 0 bridgehead atoms. The van der Waals surface area contributed by atoms with Gasteiger partial charge in [0.2, 0.25) is 0 Å². The minimum absolute atomic E-state index is 0.00940. The van der Waals surface area contributed by atoms with Crippen LogP contribution in [0.1, 0.15) is 41.8 Å². The van der Waals surface area contributed by atoms with Crippen LogP contribution in [0.4, 0.5) is 0 Å². The zero-order chi connectivity index (χ0) is 12.3. The molecule has 0 saturated carbocycles. The number of carbonyl (C=O) groups excluding carboxylic acids is 1. The van der Waals surface area contributed by atoms with Crippen LogP contribution in [0.5, 0.6) is 0 Å². The Labute approximate surface area is 102 Å². The zero-order valence-electron chi connectivity index (χ0n) is 10.3. The number of amides is 1. The largest absolute Gasteiger partial charge is 0.459 e. The van der Waals surface area contributed by atoms with Crippen LogP contribution in [0.3, 0.4) is 0 Å². The Bertz CT molecular complexity index is 387. The van der Waals surface area contributed by atoms with Gasteiger partial charge in [0.25, 0.3) is 5.91 Å². The lowest BCUT2D eigenvalue weighted by molar-refractivity contribution is 0.0655. The minimum atomic E-state index is -0.00940. The smallest absolute Gasteiger partial charge is 0.290 e. The molecule has 1 aromatic rings. The summed E-state index contributed by atoms with van der Waals surface area (Å²) < 4.78 is 5.28. The lowest BCUT2D eigenvalue weighted by Crippen LogP contribution is -2.44. The third kappa shape index (κ3) is 2.52. The fraction of sp³-hybridized carbons (Fsp3) is 0.615. The Hall–Kier alpha value is -1.29. The molecule has 4 nitrogen and oxygen atoms in total. The van der Waals surface area contributed by atoms with Gasteiger partial charge in [0.1, 0.15) is 0 Å². The summed E-state index contributed by atoms with van der Waals surface area (Å²) in [7, 11) is 0. The van der Waals surface area contributed by atoms with E-state index in [1.807, 2.05) is 17.9 Å². The quantitative estimate of drug-likeness (QED) is 0.853. The predicted molar refractivity (Wildman–Crippen MR) is 65.8 cm³/mol. The summed E-state index contributed by atoms with van der Waals surface area (Å²) in [4.78, 5) is 14.3.